The normalized spacial score (nSPS) is 13.0. The third-order valence-corrected chi connectivity index (χ3v) is 3.70. The fraction of sp³-hybridized carbons (Fsp3) is 0.600. The Labute approximate surface area is 116 Å². The molecule has 0 spiro atoms. The summed E-state index contributed by atoms with van der Waals surface area (Å²) in [5, 5.41) is 3.06. The maximum atomic E-state index is 12.6. The van der Waals surface area contributed by atoms with E-state index in [1.807, 2.05) is 27.1 Å². The molecule has 0 aromatic carbocycles. The molecule has 1 aromatic rings. The maximum absolute atomic E-state index is 12.6. The monoisotopic (exact) mass is 263 g/mol. The Kier molecular flexibility index (Phi) is 4.56. The zero-order chi connectivity index (χ0) is 14.8. The first-order valence-electron chi connectivity index (χ1n) is 6.60. The molecule has 1 aromatic heterocycles. The molecular weight excluding hydrogens is 238 g/mol. The quantitative estimate of drug-likeness (QED) is 0.912. The smallest absolute Gasteiger partial charge is 0.257 e. The van der Waals surface area contributed by atoms with Gasteiger partial charge in [-0.1, -0.05) is 20.8 Å². The lowest BCUT2D eigenvalue weighted by molar-refractivity contribution is 0.0630. The Morgan fingerprint density at radius 3 is 2.47 bits per heavy atom. The van der Waals surface area contributed by atoms with Crippen LogP contribution in [0.3, 0.4) is 0 Å². The highest BCUT2D eigenvalue weighted by molar-refractivity contribution is 5.99. The first kappa shape index (κ1) is 15.5. The Balaban J connectivity index is 3.07. The second-order valence-electron chi connectivity index (χ2n) is 6.08. The number of aromatic nitrogens is 1. The molecule has 106 valence electrons. The Morgan fingerprint density at radius 1 is 1.42 bits per heavy atom. The lowest BCUT2D eigenvalue weighted by atomic mass is 9.87. The van der Waals surface area contributed by atoms with Gasteiger partial charge in [0.1, 0.15) is 0 Å². The molecular formula is C15H25N3O. The van der Waals surface area contributed by atoms with Crippen LogP contribution < -0.4 is 5.32 Å². The molecule has 0 saturated heterocycles. The molecule has 4 nitrogen and oxygen atoms in total. The topological polar surface area (TPSA) is 45.2 Å². The molecule has 0 bridgehead atoms. The molecule has 1 N–H and O–H groups in total. The van der Waals surface area contributed by atoms with Gasteiger partial charge in [-0.2, -0.15) is 0 Å². The summed E-state index contributed by atoms with van der Waals surface area (Å²) in [6.07, 6.45) is 1.65. The number of hydrogen-bond donors (Lipinski definition) is 1. The lowest BCUT2D eigenvalue weighted by Gasteiger charge is -2.35. The van der Waals surface area contributed by atoms with Gasteiger partial charge in [0.15, 0.2) is 0 Å². The predicted molar refractivity (Wildman–Crippen MR) is 79.5 cm³/mol. The summed E-state index contributed by atoms with van der Waals surface area (Å²) in [7, 11) is 3.66. The van der Waals surface area contributed by atoms with Crippen LogP contribution in [-0.4, -0.2) is 35.9 Å². The van der Waals surface area contributed by atoms with Gasteiger partial charge in [0.2, 0.25) is 0 Å². The van der Waals surface area contributed by atoms with Gasteiger partial charge < -0.3 is 10.2 Å². The van der Waals surface area contributed by atoms with E-state index in [-0.39, 0.29) is 17.4 Å². The van der Waals surface area contributed by atoms with Gasteiger partial charge in [-0.25, -0.2) is 0 Å². The number of hydrogen-bond acceptors (Lipinski definition) is 3. The number of carbonyl (C=O) groups is 1. The standard InChI is InChI=1S/C15H25N3O/c1-10-8-13(16-6)12(9-17-10)14(19)18(7)11(2)15(3,4)5/h8-9,11H,1-7H3,(H,16,17). The number of aryl methyl sites for hydroxylation is 1. The first-order chi connectivity index (χ1) is 8.68. The fourth-order valence-electron chi connectivity index (χ4n) is 1.88. The summed E-state index contributed by atoms with van der Waals surface area (Å²) in [5.41, 5.74) is 2.38. The fourth-order valence-corrected chi connectivity index (χ4v) is 1.88. The average molecular weight is 263 g/mol. The number of pyridine rings is 1. The van der Waals surface area contributed by atoms with E-state index in [9.17, 15) is 4.79 Å². The van der Waals surface area contributed by atoms with E-state index in [0.717, 1.165) is 11.4 Å². The Hall–Kier alpha value is -1.58. The van der Waals surface area contributed by atoms with Crippen molar-refractivity contribution in [2.75, 3.05) is 19.4 Å². The number of carbonyl (C=O) groups excluding carboxylic acids is 1. The summed E-state index contributed by atoms with van der Waals surface area (Å²) in [5.74, 6) is -0.000671. The zero-order valence-corrected chi connectivity index (χ0v) is 13.0. The average Bonchev–Trinajstić information content (AvgIpc) is 2.34. The third kappa shape index (κ3) is 3.46. The van der Waals surface area contributed by atoms with Crippen molar-refractivity contribution >= 4 is 11.6 Å². The van der Waals surface area contributed by atoms with E-state index in [4.69, 9.17) is 0 Å². The SMILES string of the molecule is CNc1cc(C)ncc1C(=O)N(C)C(C)C(C)(C)C. The van der Waals surface area contributed by atoms with Crippen molar-refractivity contribution in [2.24, 2.45) is 5.41 Å². The summed E-state index contributed by atoms with van der Waals surface area (Å²) in [4.78, 5) is 18.6. The minimum atomic E-state index is -0.000671. The van der Waals surface area contributed by atoms with Crippen LogP contribution in [0.15, 0.2) is 12.3 Å². The number of anilines is 1. The van der Waals surface area contributed by atoms with Gasteiger partial charge in [-0.05, 0) is 25.3 Å². The van der Waals surface area contributed by atoms with E-state index in [1.54, 1.807) is 11.1 Å². The van der Waals surface area contributed by atoms with Gasteiger partial charge >= 0.3 is 0 Å². The summed E-state index contributed by atoms with van der Waals surface area (Å²) < 4.78 is 0. The first-order valence-corrected chi connectivity index (χ1v) is 6.60. The maximum Gasteiger partial charge on any atom is 0.257 e. The molecule has 1 amide bonds. The molecule has 0 aliphatic carbocycles. The van der Waals surface area contributed by atoms with Crippen LogP contribution in [0.5, 0.6) is 0 Å². The molecule has 0 saturated carbocycles. The summed E-state index contributed by atoms with van der Waals surface area (Å²) in [6, 6.07) is 2.04. The molecule has 0 radical (unpaired) electrons. The largest absolute Gasteiger partial charge is 0.387 e. The van der Waals surface area contributed by atoms with E-state index in [0.29, 0.717) is 5.56 Å². The van der Waals surface area contributed by atoms with Crippen LogP contribution in [0.25, 0.3) is 0 Å². The summed E-state index contributed by atoms with van der Waals surface area (Å²) >= 11 is 0. The van der Waals surface area contributed by atoms with Crippen LogP contribution in [0, 0.1) is 12.3 Å². The second-order valence-corrected chi connectivity index (χ2v) is 6.08. The molecule has 0 aliphatic heterocycles. The molecule has 4 heteroatoms. The van der Waals surface area contributed by atoms with E-state index >= 15 is 0 Å². The highest BCUT2D eigenvalue weighted by atomic mass is 16.2. The van der Waals surface area contributed by atoms with Crippen LogP contribution in [0.4, 0.5) is 5.69 Å². The van der Waals surface area contributed by atoms with Crippen molar-refractivity contribution in [3.05, 3.63) is 23.5 Å². The minimum absolute atomic E-state index is 0.000671. The highest BCUT2D eigenvalue weighted by Crippen LogP contribution is 2.25. The van der Waals surface area contributed by atoms with Crippen LogP contribution >= 0.6 is 0 Å². The molecule has 1 rings (SSSR count). The summed E-state index contributed by atoms with van der Waals surface area (Å²) in [6.45, 7) is 10.4. The number of rotatable bonds is 3. The van der Waals surface area contributed by atoms with E-state index < -0.39 is 0 Å². The predicted octanol–water partition coefficient (Wildman–Crippen LogP) is 2.94. The van der Waals surface area contributed by atoms with Gasteiger partial charge in [-0.3, -0.25) is 9.78 Å². The molecule has 0 aliphatic rings. The van der Waals surface area contributed by atoms with Crippen LogP contribution in [-0.2, 0) is 0 Å². The molecule has 1 unspecified atom stereocenters. The van der Waals surface area contributed by atoms with Gasteiger partial charge in [0, 0.05) is 32.0 Å². The number of amides is 1. The second kappa shape index (κ2) is 5.59. The molecule has 19 heavy (non-hydrogen) atoms. The molecule has 1 heterocycles. The third-order valence-electron chi connectivity index (χ3n) is 3.70. The van der Waals surface area contributed by atoms with Crippen LogP contribution in [0.1, 0.15) is 43.7 Å². The van der Waals surface area contributed by atoms with Gasteiger partial charge in [-0.15, -0.1) is 0 Å². The van der Waals surface area contributed by atoms with Gasteiger partial charge in [0.05, 0.1) is 11.3 Å². The van der Waals surface area contributed by atoms with E-state index in [2.05, 4.69) is 38.0 Å². The zero-order valence-electron chi connectivity index (χ0n) is 13.0. The molecule has 1 atom stereocenters. The minimum Gasteiger partial charge on any atom is -0.387 e. The number of nitrogens with one attached hydrogen (secondary N) is 1. The van der Waals surface area contributed by atoms with Crippen molar-refractivity contribution in [3.8, 4) is 0 Å². The Bertz CT molecular complexity index is 463. The highest BCUT2D eigenvalue weighted by Gasteiger charge is 2.28. The number of nitrogens with zero attached hydrogens (tertiary/aromatic N) is 2. The van der Waals surface area contributed by atoms with Gasteiger partial charge in [0.25, 0.3) is 5.91 Å². The van der Waals surface area contributed by atoms with Crippen molar-refractivity contribution in [1.29, 1.82) is 0 Å². The van der Waals surface area contributed by atoms with Crippen molar-refractivity contribution < 1.29 is 4.79 Å². The van der Waals surface area contributed by atoms with Crippen molar-refractivity contribution in [3.63, 3.8) is 0 Å². The lowest BCUT2D eigenvalue weighted by Crippen LogP contribution is -2.43. The van der Waals surface area contributed by atoms with E-state index in [1.165, 1.54) is 0 Å². The van der Waals surface area contributed by atoms with Crippen LogP contribution in [0.2, 0.25) is 0 Å². The molecule has 0 fully saturated rings. The van der Waals surface area contributed by atoms with Crippen molar-refractivity contribution in [1.82, 2.24) is 9.88 Å². The van der Waals surface area contributed by atoms with Crippen molar-refractivity contribution in [2.45, 2.75) is 40.7 Å². The Morgan fingerprint density at radius 2 is 2.00 bits per heavy atom.